The van der Waals surface area contributed by atoms with Crippen LogP contribution in [0.5, 0.6) is 5.75 Å². The zero-order chi connectivity index (χ0) is 23.4. The molecular formula is C22H22F2N4O4. The van der Waals surface area contributed by atoms with E-state index in [2.05, 4.69) is 5.32 Å². The molecule has 2 aliphatic heterocycles. The molecule has 8 nitrogen and oxygen atoms in total. The summed E-state index contributed by atoms with van der Waals surface area (Å²) in [4.78, 5) is 40.1. The standard InChI is InChI=1S/C22H22F2N4O4/c1-12-6-7-22(2,3)26-11-28(12)27-10-15(18(29)19(30)17(27)21(26)32)20(31)25-9-13-4-5-14(23)8-16(13)24/h4-8,10,12,30H,9,11H2,1-3H3,(H,25,31)/t12-/m1/s1. The maximum Gasteiger partial charge on any atom is 0.278 e. The zero-order valence-electron chi connectivity index (χ0n) is 17.7. The second kappa shape index (κ2) is 7.47. The van der Waals surface area contributed by atoms with Gasteiger partial charge in [0.05, 0.1) is 11.6 Å². The Morgan fingerprint density at radius 2 is 2.00 bits per heavy atom. The lowest BCUT2D eigenvalue weighted by atomic mass is 10.0. The maximum atomic E-state index is 13.8. The molecular weight excluding hydrogens is 422 g/mol. The van der Waals surface area contributed by atoms with Crippen LogP contribution in [0.4, 0.5) is 8.78 Å². The van der Waals surface area contributed by atoms with Crippen molar-refractivity contribution in [3.8, 4) is 5.75 Å². The van der Waals surface area contributed by atoms with E-state index in [4.69, 9.17) is 0 Å². The van der Waals surface area contributed by atoms with E-state index in [1.165, 1.54) is 21.8 Å². The normalized spacial score (nSPS) is 18.9. The molecule has 0 radical (unpaired) electrons. The molecule has 2 amide bonds. The van der Waals surface area contributed by atoms with Crippen LogP contribution >= 0.6 is 0 Å². The van der Waals surface area contributed by atoms with Crippen molar-refractivity contribution in [2.75, 3.05) is 11.7 Å². The lowest BCUT2D eigenvalue weighted by Crippen LogP contribution is -2.60. The van der Waals surface area contributed by atoms with Crippen LogP contribution in [0.1, 0.15) is 47.2 Å². The molecule has 10 heteroatoms. The van der Waals surface area contributed by atoms with Crippen LogP contribution in [0, 0.1) is 11.6 Å². The van der Waals surface area contributed by atoms with Crippen molar-refractivity contribution in [3.63, 3.8) is 0 Å². The molecule has 3 heterocycles. The van der Waals surface area contributed by atoms with Crippen molar-refractivity contribution in [2.45, 2.75) is 38.9 Å². The first kappa shape index (κ1) is 21.5. The van der Waals surface area contributed by atoms with Gasteiger partial charge in [0, 0.05) is 24.4 Å². The molecule has 1 aromatic carbocycles. The van der Waals surface area contributed by atoms with Crippen LogP contribution in [0.2, 0.25) is 0 Å². The van der Waals surface area contributed by atoms with Gasteiger partial charge in [-0.3, -0.25) is 24.1 Å². The Hall–Kier alpha value is -3.69. The molecule has 2 bridgehead atoms. The monoisotopic (exact) mass is 444 g/mol. The molecule has 32 heavy (non-hydrogen) atoms. The van der Waals surface area contributed by atoms with Crippen molar-refractivity contribution in [2.24, 2.45) is 0 Å². The Kier molecular flexibility index (Phi) is 5.03. The van der Waals surface area contributed by atoms with Gasteiger partial charge < -0.3 is 15.3 Å². The third kappa shape index (κ3) is 3.41. The number of halogens is 2. The second-order valence-corrected chi connectivity index (χ2v) is 8.40. The lowest BCUT2D eigenvalue weighted by molar-refractivity contribution is 0.0545. The summed E-state index contributed by atoms with van der Waals surface area (Å²) in [7, 11) is 0. The minimum Gasteiger partial charge on any atom is -0.502 e. The molecule has 1 atom stereocenters. The van der Waals surface area contributed by atoms with Gasteiger partial charge in [-0.05, 0) is 26.8 Å². The average molecular weight is 444 g/mol. The first-order chi connectivity index (χ1) is 15.0. The molecule has 0 saturated carbocycles. The number of benzene rings is 1. The summed E-state index contributed by atoms with van der Waals surface area (Å²) in [5.74, 6) is -3.83. The summed E-state index contributed by atoms with van der Waals surface area (Å²) < 4.78 is 28.2. The number of carbonyl (C=O) groups is 2. The topological polar surface area (TPSA) is 94.9 Å². The number of nitrogens with one attached hydrogen (secondary N) is 1. The van der Waals surface area contributed by atoms with Crippen molar-refractivity contribution in [1.82, 2.24) is 14.9 Å². The van der Waals surface area contributed by atoms with Gasteiger partial charge in [0.2, 0.25) is 5.43 Å². The van der Waals surface area contributed by atoms with E-state index < -0.39 is 45.7 Å². The summed E-state index contributed by atoms with van der Waals surface area (Å²) in [6, 6.07) is 2.71. The second-order valence-electron chi connectivity index (χ2n) is 8.40. The summed E-state index contributed by atoms with van der Waals surface area (Å²) in [6.07, 6.45) is 4.97. The fourth-order valence-electron chi connectivity index (χ4n) is 3.83. The molecule has 0 fully saturated rings. The molecule has 2 aliphatic rings. The van der Waals surface area contributed by atoms with E-state index in [9.17, 15) is 28.3 Å². The number of carbonyl (C=O) groups excluding carboxylic acids is 2. The first-order valence-corrected chi connectivity index (χ1v) is 10.0. The largest absolute Gasteiger partial charge is 0.502 e. The number of hydrogen-bond acceptors (Lipinski definition) is 5. The van der Waals surface area contributed by atoms with Crippen molar-refractivity contribution in [1.29, 1.82) is 0 Å². The number of rotatable bonds is 3. The Morgan fingerprint density at radius 3 is 2.69 bits per heavy atom. The highest BCUT2D eigenvalue weighted by Gasteiger charge is 2.42. The molecule has 168 valence electrons. The fraction of sp³-hybridized carbons (Fsp3) is 0.318. The van der Waals surface area contributed by atoms with Gasteiger partial charge in [-0.1, -0.05) is 18.2 Å². The summed E-state index contributed by atoms with van der Waals surface area (Å²) in [5.41, 5.74) is -2.27. The molecule has 0 saturated heterocycles. The Morgan fingerprint density at radius 1 is 1.28 bits per heavy atom. The SMILES string of the molecule is C[C@@H]1C=CC(C)(C)N2CN1n1cc(C(=O)NCc3ccc(F)cc3F)c(=O)c(O)c1C2=O. The van der Waals surface area contributed by atoms with Gasteiger partial charge in [0.25, 0.3) is 11.8 Å². The van der Waals surface area contributed by atoms with E-state index in [0.29, 0.717) is 6.07 Å². The van der Waals surface area contributed by atoms with E-state index in [1.54, 1.807) is 5.01 Å². The highest BCUT2D eigenvalue weighted by atomic mass is 19.1. The molecule has 4 rings (SSSR count). The minimum absolute atomic E-state index is 0.0290. The molecule has 2 N–H and O–H groups in total. The van der Waals surface area contributed by atoms with Crippen molar-refractivity contribution < 1.29 is 23.5 Å². The van der Waals surface area contributed by atoms with E-state index in [1.807, 2.05) is 32.9 Å². The van der Waals surface area contributed by atoms with Gasteiger partial charge in [0.1, 0.15) is 23.9 Å². The molecule has 0 spiro atoms. The number of fused-ring (bicyclic) bond motifs is 4. The van der Waals surface area contributed by atoms with Gasteiger partial charge >= 0.3 is 0 Å². The van der Waals surface area contributed by atoms with Crippen LogP contribution in [-0.2, 0) is 6.54 Å². The smallest absolute Gasteiger partial charge is 0.278 e. The molecule has 2 aromatic rings. The fourth-order valence-corrected chi connectivity index (χ4v) is 3.83. The number of nitrogens with zero attached hydrogens (tertiary/aromatic N) is 3. The average Bonchev–Trinajstić information content (AvgIpc) is 2.83. The first-order valence-electron chi connectivity index (χ1n) is 10.0. The van der Waals surface area contributed by atoms with Gasteiger partial charge in [-0.15, -0.1) is 0 Å². The summed E-state index contributed by atoms with van der Waals surface area (Å²) in [5, 5.41) is 14.7. The van der Waals surface area contributed by atoms with Crippen LogP contribution in [-0.4, -0.2) is 44.7 Å². The van der Waals surface area contributed by atoms with E-state index in [0.717, 1.165) is 6.07 Å². The quantitative estimate of drug-likeness (QED) is 0.705. The number of aromatic nitrogens is 1. The van der Waals surface area contributed by atoms with Crippen LogP contribution in [0.3, 0.4) is 0 Å². The number of hydrogen-bond donors (Lipinski definition) is 2. The Labute approximate surface area is 182 Å². The summed E-state index contributed by atoms with van der Waals surface area (Å²) >= 11 is 0. The lowest BCUT2D eigenvalue weighted by Gasteiger charge is -2.45. The van der Waals surface area contributed by atoms with E-state index >= 15 is 0 Å². The Bertz CT molecular complexity index is 1220. The number of pyridine rings is 1. The van der Waals surface area contributed by atoms with Crippen molar-refractivity contribution in [3.05, 3.63) is 75.2 Å². The van der Waals surface area contributed by atoms with Gasteiger partial charge in [0.15, 0.2) is 11.4 Å². The highest BCUT2D eigenvalue weighted by Crippen LogP contribution is 2.30. The van der Waals surface area contributed by atoms with Crippen LogP contribution < -0.4 is 15.8 Å². The zero-order valence-corrected chi connectivity index (χ0v) is 17.7. The predicted octanol–water partition coefficient (Wildman–Crippen LogP) is 1.85. The van der Waals surface area contributed by atoms with Crippen LogP contribution in [0.25, 0.3) is 0 Å². The third-order valence-corrected chi connectivity index (χ3v) is 5.82. The minimum atomic E-state index is -1.01. The van der Waals surface area contributed by atoms with Crippen LogP contribution in [0.15, 0.2) is 41.3 Å². The molecule has 1 aromatic heterocycles. The third-order valence-electron chi connectivity index (χ3n) is 5.82. The highest BCUT2D eigenvalue weighted by molar-refractivity contribution is 5.99. The number of amides is 2. The van der Waals surface area contributed by atoms with Crippen molar-refractivity contribution >= 4 is 11.8 Å². The predicted molar refractivity (Wildman–Crippen MR) is 112 cm³/mol. The number of aromatic hydroxyl groups is 1. The molecule has 0 aliphatic carbocycles. The Balaban J connectivity index is 1.72. The van der Waals surface area contributed by atoms with Gasteiger partial charge in [-0.25, -0.2) is 8.78 Å². The van der Waals surface area contributed by atoms with Gasteiger partial charge in [-0.2, -0.15) is 0 Å². The summed E-state index contributed by atoms with van der Waals surface area (Å²) in [6.45, 7) is 5.45. The molecule has 0 unspecified atom stereocenters. The van der Waals surface area contributed by atoms with E-state index in [-0.39, 0.29) is 30.5 Å². The maximum absolute atomic E-state index is 13.8.